The van der Waals surface area contributed by atoms with E-state index in [1.54, 1.807) is 6.92 Å². The molecule has 0 aliphatic rings. The molecule has 2 rings (SSSR count). The molecule has 0 aliphatic heterocycles. The van der Waals surface area contributed by atoms with Crippen LogP contribution >= 0.6 is 0 Å². The van der Waals surface area contributed by atoms with E-state index in [9.17, 15) is 38.2 Å². The molecule has 0 unspecified atom stereocenters. The molecule has 9 nitrogen and oxygen atoms in total. The van der Waals surface area contributed by atoms with Crippen LogP contribution in [-0.4, -0.2) is 22.4 Å². The SMILES string of the molecule is CCCOc1ccc(C(F)(F)F)cc1NC(=O)c1cc([N+](=O)[O-])cc([N+](=O)[O-])c1. The summed E-state index contributed by atoms with van der Waals surface area (Å²) >= 11 is 0. The summed E-state index contributed by atoms with van der Waals surface area (Å²) in [5.41, 5.74) is -3.27. The molecule has 0 radical (unpaired) electrons. The van der Waals surface area contributed by atoms with Crippen LogP contribution in [0.4, 0.5) is 30.2 Å². The van der Waals surface area contributed by atoms with Crippen LogP contribution in [-0.2, 0) is 6.18 Å². The minimum atomic E-state index is -4.69. The number of nitrogens with zero attached hydrogens (tertiary/aromatic N) is 2. The first-order chi connectivity index (χ1) is 13.5. The van der Waals surface area contributed by atoms with Crippen molar-refractivity contribution in [1.29, 1.82) is 0 Å². The van der Waals surface area contributed by atoms with E-state index >= 15 is 0 Å². The first-order valence-corrected chi connectivity index (χ1v) is 8.12. The van der Waals surface area contributed by atoms with Gasteiger partial charge in [-0.25, -0.2) is 0 Å². The molecular formula is C17H14F3N3O6. The Labute approximate surface area is 161 Å². The second-order valence-electron chi connectivity index (χ2n) is 5.76. The third kappa shape index (κ3) is 5.40. The van der Waals surface area contributed by atoms with Gasteiger partial charge >= 0.3 is 6.18 Å². The molecule has 0 aliphatic carbocycles. The molecule has 0 heterocycles. The lowest BCUT2D eigenvalue weighted by Crippen LogP contribution is -2.15. The predicted octanol–water partition coefficient (Wildman–Crippen LogP) is 4.56. The molecule has 0 saturated heterocycles. The van der Waals surface area contributed by atoms with E-state index in [1.165, 1.54) is 0 Å². The van der Waals surface area contributed by atoms with Crippen LogP contribution in [0.25, 0.3) is 0 Å². The average Bonchev–Trinajstić information content (AvgIpc) is 2.65. The van der Waals surface area contributed by atoms with Gasteiger partial charge in [-0.3, -0.25) is 25.0 Å². The first kappa shape index (κ1) is 21.6. The average molecular weight is 413 g/mol. The van der Waals surface area contributed by atoms with Gasteiger partial charge in [0.15, 0.2) is 0 Å². The summed E-state index contributed by atoms with van der Waals surface area (Å²) in [5, 5.41) is 24.1. The molecule has 1 amide bonds. The first-order valence-electron chi connectivity index (χ1n) is 8.12. The van der Waals surface area contributed by atoms with Crippen molar-refractivity contribution in [1.82, 2.24) is 0 Å². The fraction of sp³-hybridized carbons (Fsp3) is 0.235. The second-order valence-corrected chi connectivity index (χ2v) is 5.76. The summed E-state index contributed by atoms with van der Waals surface area (Å²) in [4.78, 5) is 32.5. The van der Waals surface area contributed by atoms with E-state index in [0.717, 1.165) is 24.3 Å². The molecule has 0 bridgehead atoms. The zero-order chi connectivity index (χ0) is 21.8. The summed E-state index contributed by atoms with van der Waals surface area (Å²) in [6.45, 7) is 1.93. The molecule has 0 saturated carbocycles. The largest absolute Gasteiger partial charge is 0.491 e. The van der Waals surface area contributed by atoms with Gasteiger partial charge in [-0.05, 0) is 24.6 Å². The number of amides is 1. The maximum atomic E-state index is 13.0. The molecule has 2 aromatic rings. The van der Waals surface area contributed by atoms with Crippen LogP contribution < -0.4 is 10.1 Å². The standard InChI is InChI=1S/C17H14F3N3O6/c1-2-5-29-15-4-3-11(17(18,19)20)8-14(15)21-16(24)10-6-12(22(25)26)9-13(7-10)23(27)28/h3-4,6-9H,2,5H2,1H3,(H,21,24). The highest BCUT2D eigenvalue weighted by molar-refractivity contribution is 6.05. The van der Waals surface area contributed by atoms with Gasteiger partial charge in [0, 0.05) is 12.1 Å². The van der Waals surface area contributed by atoms with Gasteiger partial charge in [-0.15, -0.1) is 0 Å². The van der Waals surface area contributed by atoms with Crippen LogP contribution in [0, 0.1) is 20.2 Å². The van der Waals surface area contributed by atoms with Crippen LogP contribution in [0.15, 0.2) is 36.4 Å². The number of nitro groups is 2. The maximum absolute atomic E-state index is 13.0. The third-order valence-corrected chi connectivity index (χ3v) is 3.60. The predicted molar refractivity (Wildman–Crippen MR) is 94.9 cm³/mol. The van der Waals surface area contributed by atoms with E-state index in [4.69, 9.17) is 4.74 Å². The molecule has 29 heavy (non-hydrogen) atoms. The van der Waals surface area contributed by atoms with Gasteiger partial charge in [-0.1, -0.05) is 6.92 Å². The fourth-order valence-corrected chi connectivity index (χ4v) is 2.27. The zero-order valence-corrected chi connectivity index (χ0v) is 14.9. The van der Waals surface area contributed by atoms with Crippen molar-refractivity contribution in [3.63, 3.8) is 0 Å². The summed E-state index contributed by atoms with van der Waals surface area (Å²) < 4.78 is 44.3. The van der Waals surface area contributed by atoms with Crippen molar-refractivity contribution in [3.8, 4) is 5.75 Å². The van der Waals surface area contributed by atoms with E-state index < -0.39 is 44.4 Å². The number of carbonyl (C=O) groups is 1. The third-order valence-electron chi connectivity index (χ3n) is 3.60. The van der Waals surface area contributed by atoms with E-state index in [1.807, 2.05) is 0 Å². The molecule has 0 aromatic heterocycles. The molecule has 2 aromatic carbocycles. The minimum absolute atomic E-state index is 0.0480. The number of benzene rings is 2. The Balaban J connectivity index is 2.45. The lowest BCUT2D eigenvalue weighted by molar-refractivity contribution is -0.394. The number of carbonyl (C=O) groups excluding carboxylic acids is 1. The molecule has 12 heteroatoms. The highest BCUT2D eigenvalue weighted by atomic mass is 19.4. The number of hydrogen-bond acceptors (Lipinski definition) is 6. The second kappa shape index (κ2) is 8.54. The van der Waals surface area contributed by atoms with E-state index in [2.05, 4.69) is 5.32 Å². The van der Waals surface area contributed by atoms with Gasteiger partial charge in [0.05, 0.1) is 39.3 Å². The molecule has 0 fully saturated rings. The number of alkyl halides is 3. The van der Waals surface area contributed by atoms with Crippen LogP contribution in [0.2, 0.25) is 0 Å². The van der Waals surface area contributed by atoms with Crippen molar-refractivity contribution in [2.24, 2.45) is 0 Å². The summed E-state index contributed by atoms with van der Waals surface area (Å²) in [6.07, 6.45) is -4.14. The molecule has 1 N–H and O–H groups in total. The van der Waals surface area contributed by atoms with Gasteiger partial charge in [0.2, 0.25) is 0 Å². The minimum Gasteiger partial charge on any atom is -0.491 e. The van der Waals surface area contributed by atoms with Gasteiger partial charge in [0.1, 0.15) is 5.75 Å². The summed E-state index contributed by atoms with van der Waals surface area (Å²) in [7, 11) is 0. The highest BCUT2D eigenvalue weighted by Crippen LogP contribution is 2.35. The Morgan fingerprint density at radius 2 is 1.66 bits per heavy atom. The molecule has 154 valence electrons. The van der Waals surface area contributed by atoms with Crippen LogP contribution in [0.3, 0.4) is 0 Å². The number of nitro benzene ring substituents is 2. The van der Waals surface area contributed by atoms with Crippen LogP contribution in [0.5, 0.6) is 5.75 Å². The number of rotatable bonds is 7. The molecular weight excluding hydrogens is 399 g/mol. The normalized spacial score (nSPS) is 11.0. The quantitative estimate of drug-likeness (QED) is 0.524. The Morgan fingerprint density at radius 1 is 1.07 bits per heavy atom. The lowest BCUT2D eigenvalue weighted by atomic mass is 10.1. The van der Waals surface area contributed by atoms with Crippen molar-refractivity contribution < 1.29 is 32.5 Å². The molecule has 0 spiro atoms. The Hall–Kier alpha value is -3.70. The fourth-order valence-electron chi connectivity index (χ4n) is 2.27. The van der Waals surface area contributed by atoms with Gasteiger partial charge in [0.25, 0.3) is 17.3 Å². The Kier molecular flexibility index (Phi) is 6.36. The molecule has 0 atom stereocenters. The number of halogens is 3. The van der Waals surface area contributed by atoms with Crippen molar-refractivity contribution in [3.05, 3.63) is 67.8 Å². The number of hydrogen-bond donors (Lipinski definition) is 1. The monoisotopic (exact) mass is 413 g/mol. The zero-order valence-electron chi connectivity index (χ0n) is 14.9. The highest BCUT2D eigenvalue weighted by Gasteiger charge is 2.31. The number of non-ortho nitro benzene ring substituents is 2. The van der Waals surface area contributed by atoms with Gasteiger partial charge in [-0.2, -0.15) is 13.2 Å². The number of nitrogens with one attached hydrogen (secondary N) is 1. The van der Waals surface area contributed by atoms with Crippen molar-refractivity contribution >= 4 is 23.0 Å². The Morgan fingerprint density at radius 3 is 2.14 bits per heavy atom. The Bertz CT molecular complexity index is 930. The number of ether oxygens (including phenoxy) is 1. The summed E-state index contributed by atoms with van der Waals surface area (Å²) in [6, 6.07) is 4.68. The van der Waals surface area contributed by atoms with Crippen molar-refractivity contribution in [2.75, 3.05) is 11.9 Å². The van der Waals surface area contributed by atoms with Crippen molar-refractivity contribution in [2.45, 2.75) is 19.5 Å². The topological polar surface area (TPSA) is 125 Å². The smallest absolute Gasteiger partial charge is 0.416 e. The van der Waals surface area contributed by atoms with E-state index in [0.29, 0.717) is 18.6 Å². The lowest BCUT2D eigenvalue weighted by Gasteiger charge is -2.15. The van der Waals surface area contributed by atoms with Gasteiger partial charge < -0.3 is 10.1 Å². The number of anilines is 1. The summed E-state index contributed by atoms with van der Waals surface area (Å²) in [5.74, 6) is -1.12. The van der Waals surface area contributed by atoms with E-state index in [-0.39, 0.29) is 18.0 Å². The maximum Gasteiger partial charge on any atom is 0.416 e. The van der Waals surface area contributed by atoms with Crippen LogP contribution in [0.1, 0.15) is 29.3 Å².